The zero-order valence-corrected chi connectivity index (χ0v) is 27.2. The van der Waals surface area contributed by atoms with Crippen molar-refractivity contribution in [3.05, 3.63) is 82.9 Å². The minimum atomic E-state index is -0.900. The SMILES string of the molecule is C/C1=C\[C@@H](C)[C@@H](C)OC(=O)C[C@H](c2ccc(O)cc2)NC(=O)[C@@H](CC2=CCc3ccccc32)N(C)C(=O)[C@H](C)CC(=O)[C@@H](C)C1. The zero-order chi connectivity index (χ0) is 32.8. The Morgan fingerprint density at radius 2 is 1.60 bits per heavy atom. The van der Waals surface area contributed by atoms with E-state index in [-0.39, 0.29) is 48.5 Å². The van der Waals surface area contributed by atoms with Crippen LogP contribution in [0.3, 0.4) is 0 Å². The van der Waals surface area contributed by atoms with Gasteiger partial charge in [0.2, 0.25) is 11.8 Å². The summed E-state index contributed by atoms with van der Waals surface area (Å²) < 4.78 is 5.82. The summed E-state index contributed by atoms with van der Waals surface area (Å²) in [5, 5.41) is 12.9. The Morgan fingerprint density at radius 1 is 0.911 bits per heavy atom. The number of esters is 1. The van der Waals surface area contributed by atoms with E-state index in [9.17, 15) is 24.3 Å². The molecule has 4 rings (SSSR count). The third-order valence-electron chi connectivity index (χ3n) is 9.16. The smallest absolute Gasteiger partial charge is 0.308 e. The number of phenolic OH excluding ortho intramolecular Hbond substituents is 1. The molecule has 1 aliphatic carbocycles. The number of carbonyl (C=O) groups excluding carboxylic acids is 4. The fourth-order valence-electron chi connectivity index (χ4n) is 6.26. The highest BCUT2D eigenvalue weighted by Gasteiger charge is 2.34. The van der Waals surface area contributed by atoms with E-state index >= 15 is 0 Å². The van der Waals surface area contributed by atoms with E-state index in [1.165, 1.54) is 17.0 Å². The molecule has 0 unspecified atom stereocenters. The fraction of sp³-hybridized carbons (Fsp3) is 0.459. The van der Waals surface area contributed by atoms with E-state index in [1.54, 1.807) is 26.1 Å². The van der Waals surface area contributed by atoms with Gasteiger partial charge in [-0.15, -0.1) is 0 Å². The van der Waals surface area contributed by atoms with Crippen LogP contribution in [0.15, 0.2) is 66.3 Å². The number of cyclic esters (lactones) is 1. The number of carbonyl (C=O) groups is 4. The van der Waals surface area contributed by atoms with Crippen LogP contribution in [-0.4, -0.2) is 52.8 Å². The molecule has 0 radical (unpaired) electrons. The molecule has 2 aromatic rings. The number of nitrogens with zero attached hydrogens (tertiary/aromatic N) is 1. The van der Waals surface area contributed by atoms with Gasteiger partial charge in [0.05, 0.1) is 12.5 Å². The summed E-state index contributed by atoms with van der Waals surface area (Å²) in [4.78, 5) is 55.9. The number of hydrogen-bond acceptors (Lipinski definition) is 6. The maximum absolute atomic E-state index is 14.2. The van der Waals surface area contributed by atoms with Gasteiger partial charge in [-0.05, 0) is 61.1 Å². The van der Waals surface area contributed by atoms with Crippen molar-refractivity contribution in [1.29, 1.82) is 0 Å². The van der Waals surface area contributed by atoms with E-state index < -0.39 is 36.0 Å². The van der Waals surface area contributed by atoms with Crippen LogP contribution < -0.4 is 5.32 Å². The molecule has 1 aliphatic heterocycles. The molecule has 2 amide bonds. The van der Waals surface area contributed by atoms with Crippen molar-refractivity contribution in [2.45, 2.75) is 84.9 Å². The van der Waals surface area contributed by atoms with Crippen LogP contribution in [0.2, 0.25) is 0 Å². The van der Waals surface area contributed by atoms with E-state index in [0.717, 1.165) is 28.7 Å². The maximum Gasteiger partial charge on any atom is 0.308 e. The van der Waals surface area contributed by atoms with Crippen LogP contribution in [0.1, 0.15) is 83.0 Å². The quantitative estimate of drug-likeness (QED) is 0.327. The molecule has 45 heavy (non-hydrogen) atoms. The second-order valence-corrected chi connectivity index (χ2v) is 12.9. The third-order valence-corrected chi connectivity index (χ3v) is 9.16. The number of nitrogens with one attached hydrogen (secondary N) is 1. The number of ether oxygens (including phenoxy) is 1. The Bertz CT molecular complexity index is 1480. The number of phenols is 1. The molecule has 0 saturated heterocycles. The number of amides is 2. The van der Waals surface area contributed by atoms with Crippen molar-refractivity contribution >= 4 is 29.1 Å². The Labute approximate surface area is 266 Å². The topological polar surface area (TPSA) is 113 Å². The van der Waals surface area contributed by atoms with Gasteiger partial charge in [-0.2, -0.15) is 0 Å². The first kappa shape index (κ1) is 33.7. The molecule has 0 aromatic heterocycles. The van der Waals surface area contributed by atoms with Crippen molar-refractivity contribution in [2.75, 3.05) is 7.05 Å². The van der Waals surface area contributed by atoms with Gasteiger partial charge in [-0.25, -0.2) is 0 Å². The summed E-state index contributed by atoms with van der Waals surface area (Å²) in [7, 11) is 1.61. The third kappa shape index (κ3) is 8.50. The minimum absolute atomic E-state index is 0.00827. The molecule has 2 N–H and O–H groups in total. The van der Waals surface area contributed by atoms with Crippen LogP contribution in [0, 0.1) is 17.8 Å². The first-order valence-corrected chi connectivity index (χ1v) is 15.9. The predicted molar refractivity (Wildman–Crippen MR) is 174 cm³/mol. The number of Topliss-reactive ketones (excluding diaryl/α,β-unsaturated/α-hetero) is 1. The van der Waals surface area contributed by atoms with Crippen LogP contribution in [0.25, 0.3) is 5.57 Å². The lowest BCUT2D eigenvalue weighted by atomic mass is 9.89. The van der Waals surface area contributed by atoms with Gasteiger partial charge < -0.3 is 20.1 Å². The standard InChI is InChI=1S/C37H46N2O6/c1-22-17-23(2)26(5)45-35(42)21-32(28-13-15-30(40)16-14-28)38-36(43)33(20-29-12-11-27-9-7-8-10-31(27)29)39(6)37(44)25(4)19-34(41)24(3)18-22/h7-10,12-17,23-26,32-33,40H,11,18-21H2,1-6H3,(H,38,43)/b22-17+/t23-,24+,25-,26-,32-,33-/m1/s1. The molecule has 1 heterocycles. The normalized spacial score (nSPS) is 28.6. The molecule has 8 heteroatoms. The lowest BCUT2D eigenvalue weighted by Gasteiger charge is -2.32. The van der Waals surface area contributed by atoms with Crippen LogP contribution in [0.4, 0.5) is 0 Å². The lowest BCUT2D eigenvalue weighted by Crippen LogP contribution is -2.50. The summed E-state index contributed by atoms with van der Waals surface area (Å²) >= 11 is 0. The average molecular weight is 615 g/mol. The Morgan fingerprint density at radius 3 is 2.31 bits per heavy atom. The largest absolute Gasteiger partial charge is 0.508 e. The highest BCUT2D eigenvalue weighted by molar-refractivity contribution is 5.93. The van der Waals surface area contributed by atoms with E-state index in [1.807, 2.05) is 52.0 Å². The van der Waals surface area contributed by atoms with Crippen molar-refractivity contribution in [1.82, 2.24) is 10.2 Å². The van der Waals surface area contributed by atoms with Crippen molar-refractivity contribution in [2.24, 2.45) is 17.8 Å². The van der Waals surface area contributed by atoms with Gasteiger partial charge >= 0.3 is 5.97 Å². The van der Waals surface area contributed by atoms with Gasteiger partial charge in [-0.1, -0.05) is 74.9 Å². The Kier molecular flexibility index (Phi) is 11.0. The highest BCUT2D eigenvalue weighted by atomic mass is 16.5. The number of fused-ring (bicyclic) bond motifs is 1. The molecule has 240 valence electrons. The van der Waals surface area contributed by atoms with Gasteiger partial charge in [0, 0.05) is 37.6 Å². The number of ketones is 1. The second-order valence-electron chi connectivity index (χ2n) is 12.9. The zero-order valence-electron chi connectivity index (χ0n) is 27.2. The van der Waals surface area contributed by atoms with Gasteiger partial charge in [0.1, 0.15) is 23.7 Å². The fourth-order valence-corrected chi connectivity index (χ4v) is 6.26. The molecule has 8 nitrogen and oxygen atoms in total. The summed E-state index contributed by atoms with van der Waals surface area (Å²) in [6, 6.07) is 12.7. The van der Waals surface area contributed by atoms with E-state index in [0.29, 0.717) is 12.0 Å². The van der Waals surface area contributed by atoms with Crippen molar-refractivity contribution in [3.63, 3.8) is 0 Å². The van der Waals surface area contributed by atoms with Gasteiger partial charge in [0.15, 0.2) is 0 Å². The number of aromatic hydroxyl groups is 1. The summed E-state index contributed by atoms with van der Waals surface area (Å²) in [5.41, 5.74) is 4.81. The molecule has 0 fully saturated rings. The Hall–Kier alpha value is -4.20. The molecular formula is C37H46N2O6. The summed E-state index contributed by atoms with van der Waals surface area (Å²) in [6.07, 6.45) is 5.18. The van der Waals surface area contributed by atoms with Gasteiger partial charge in [0.25, 0.3) is 0 Å². The van der Waals surface area contributed by atoms with Gasteiger partial charge in [-0.3, -0.25) is 19.2 Å². The Balaban J connectivity index is 1.71. The number of hydrogen-bond donors (Lipinski definition) is 2. The maximum atomic E-state index is 14.2. The van der Waals surface area contributed by atoms with Crippen molar-refractivity contribution in [3.8, 4) is 5.75 Å². The number of likely N-dealkylation sites (N-methyl/N-ethyl adjacent to an activating group) is 1. The van der Waals surface area contributed by atoms with Crippen molar-refractivity contribution < 1.29 is 29.0 Å². The molecule has 2 aliphatic rings. The van der Waals surface area contributed by atoms with E-state index in [4.69, 9.17) is 4.74 Å². The molecule has 0 spiro atoms. The molecule has 6 atom stereocenters. The summed E-state index contributed by atoms with van der Waals surface area (Å²) in [6.45, 7) is 9.37. The first-order valence-electron chi connectivity index (χ1n) is 15.9. The molecular weight excluding hydrogens is 568 g/mol. The second kappa shape index (κ2) is 14.7. The number of benzene rings is 2. The number of allylic oxidation sites excluding steroid dienone is 2. The lowest BCUT2D eigenvalue weighted by molar-refractivity contribution is -0.150. The molecule has 0 bridgehead atoms. The number of rotatable bonds is 3. The minimum Gasteiger partial charge on any atom is -0.508 e. The summed E-state index contributed by atoms with van der Waals surface area (Å²) in [5.74, 6) is -2.14. The molecule has 0 saturated carbocycles. The van der Waals surface area contributed by atoms with Crippen LogP contribution in [0.5, 0.6) is 5.75 Å². The average Bonchev–Trinajstić information content (AvgIpc) is 3.41. The van der Waals surface area contributed by atoms with Crippen LogP contribution in [-0.2, 0) is 30.3 Å². The highest BCUT2D eigenvalue weighted by Crippen LogP contribution is 2.32. The van der Waals surface area contributed by atoms with E-state index in [2.05, 4.69) is 17.5 Å². The molecule has 2 aromatic carbocycles. The first-order chi connectivity index (χ1) is 21.3. The monoisotopic (exact) mass is 614 g/mol. The predicted octanol–water partition coefficient (Wildman–Crippen LogP) is 5.95. The van der Waals surface area contributed by atoms with Crippen LogP contribution >= 0.6 is 0 Å².